The molecule has 0 bridgehead atoms. The third-order valence-electron chi connectivity index (χ3n) is 2.60. The van der Waals surface area contributed by atoms with Crippen molar-refractivity contribution in [2.24, 2.45) is 0 Å². The normalized spacial score (nSPS) is 13.6. The monoisotopic (exact) mass is 257 g/mol. The van der Waals surface area contributed by atoms with Gasteiger partial charge in [-0.1, -0.05) is 0 Å². The molecule has 0 saturated carbocycles. The predicted molar refractivity (Wildman–Crippen MR) is 56.7 cm³/mol. The Morgan fingerprint density at radius 1 is 1.33 bits per heavy atom. The fourth-order valence-corrected chi connectivity index (χ4v) is 1.69. The molecule has 0 aliphatic heterocycles. The highest BCUT2D eigenvalue weighted by atomic mass is 19.4. The molecule has 1 unspecified atom stereocenters. The summed E-state index contributed by atoms with van der Waals surface area (Å²) < 4.78 is 43.3. The lowest BCUT2D eigenvalue weighted by molar-refractivity contribution is -0.139. The van der Waals surface area contributed by atoms with Crippen molar-refractivity contribution in [3.63, 3.8) is 0 Å². The molecule has 18 heavy (non-hydrogen) atoms. The van der Waals surface area contributed by atoms with Crippen molar-refractivity contribution in [3.05, 3.63) is 53.2 Å². The molecule has 6 heteroatoms. The second-order valence-electron chi connectivity index (χ2n) is 3.83. The van der Waals surface area contributed by atoms with Crippen LogP contribution < -0.4 is 0 Å². The van der Waals surface area contributed by atoms with E-state index >= 15 is 0 Å². The molecule has 1 N–H and O–H groups in total. The Balaban J connectivity index is 2.49. The number of hydrogen-bond acceptors (Lipinski definition) is 3. The summed E-state index contributed by atoms with van der Waals surface area (Å²) in [6.45, 7) is 1.64. The molecule has 2 heterocycles. The first-order chi connectivity index (χ1) is 8.41. The van der Waals surface area contributed by atoms with Crippen LogP contribution >= 0.6 is 0 Å². The average molecular weight is 257 g/mol. The molecule has 2 aromatic rings. The minimum Gasteiger partial charge on any atom is -0.466 e. The molecule has 0 radical (unpaired) electrons. The van der Waals surface area contributed by atoms with E-state index < -0.39 is 17.8 Å². The molecule has 96 valence electrons. The highest BCUT2D eigenvalue weighted by Crippen LogP contribution is 2.36. The topological polar surface area (TPSA) is 46.3 Å². The zero-order valence-corrected chi connectivity index (χ0v) is 9.40. The van der Waals surface area contributed by atoms with Crippen LogP contribution in [0.5, 0.6) is 0 Å². The van der Waals surface area contributed by atoms with E-state index in [9.17, 15) is 18.3 Å². The fourth-order valence-electron chi connectivity index (χ4n) is 1.69. The minimum absolute atomic E-state index is 0.0912. The lowest BCUT2D eigenvalue weighted by Gasteiger charge is -2.15. The van der Waals surface area contributed by atoms with Crippen LogP contribution in [-0.2, 0) is 6.18 Å². The molecule has 0 aromatic carbocycles. The number of aliphatic hydroxyl groups is 1. The van der Waals surface area contributed by atoms with Crippen LogP contribution in [0.25, 0.3) is 0 Å². The number of hydrogen-bond donors (Lipinski definition) is 1. The van der Waals surface area contributed by atoms with E-state index in [1.54, 1.807) is 13.0 Å². The third kappa shape index (κ3) is 2.24. The van der Waals surface area contributed by atoms with Gasteiger partial charge in [0.1, 0.15) is 11.9 Å². The summed E-state index contributed by atoms with van der Waals surface area (Å²) in [5.74, 6) is 0.0912. The smallest absolute Gasteiger partial charge is 0.416 e. The molecule has 0 aliphatic rings. The number of aryl methyl sites for hydroxylation is 1. The van der Waals surface area contributed by atoms with Crippen LogP contribution in [0.2, 0.25) is 0 Å². The second kappa shape index (κ2) is 4.45. The largest absolute Gasteiger partial charge is 0.466 e. The van der Waals surface area contributed by atoms with E-state index in [1.807, 2.05) is 0 Å². The second-order valence-corrected chi connectivity index (χ2v) is 3.83. The summed E-state index contributed by atoms with van der Waals surface area (Å²) in [6.07, 6.45) is -2.67. The first-order valence-corrected chi connectivity index (χ1v) is 5.14. The van der Waals surface area contributed by atoms with E-state index in [0.29, 0.717) is 5.56 Å². The third-order valence-corrected chi connectivity index (χ3v) is 2.60. The van der Waals surface area contributed by atoms with Gasteiger partial charge >= 0.3 is 6.18 Å². The molecule has 0 fully saturated rings. The van der Waals surface area contributed by atoms with Gasteiger partial charge < -0.3 is 9.52 Å². The summed E-state index contributed by atoms with van der Waals surface area (Å²) in [4.78, 5) is 3.62. The van der Waals surface area contributed by atoms with Gasteiger partial charge in [0.15, 0.2) is 0 Å². The SMILES string of the molecule is Cc1ccoc1C(O)c1cnccc1C(F)(F)F. The number of halogens is 3. The molecule has 0 saturated heterocycles. The van der Waals surface area contributed by atoms with Crippen molar-refractivity contribution in [1.29, 1.82) is 0 Å². The van der Waals surface area contributed by atoms with Crippen LogP contribution in [0.15, 0.2) is 35.2 Å². The minimum atomic E-state index is -4.54. The molecule has 3 nitrogen and oxygen atoms in total. The molecule has 1 atom stereocenters. The Morgan fingerprint density at radius 3 is 2.61 bits per heavy atom. The van der Waals surface area contributed by atoms with Crippen molar-refractivity contribution < 1.29 is 22.7 Å². The van der Waals surface area contributed by atoms with Crippen molar-refractivity contribution in [2.75, 3.05) is 0 Å². The van der Waals surface area contributed by atoms with Crippen molar-refractivity contribution in [1.82, 2.24) is 4.98 Å². The maximum Gasteiger partial charge on any atom is 0.416 e. The van der Waals surface area contributed by atoms with E-state index in [-0.39, 0.29) is 11.3 Å². The van der Waals surface area contributed by atoms with E-state index in [4.69, 9.17) is 4.42 Å². The van der Waals surface area contributed by atoms with Gasteiger partial charge in [-0.2, -0.15) is 13.2 Å². The van der Waals surface area contributed by atoms with E-state index in [1.165, 1.54) is 6.26 Å². The van der Waals surface area contributed by atoms with Crippen LogP contribution in [0, 0.1) is 6.92 Å². The maximum atomic E-state index is 12.8. The zero-order valence-electron chi connectivity index (χ0n) is 9.40. The summed E-state index contributed by atoms with van der Waals surface area (Å²) in [5.41, 5.74) is -0.650. The number of pyridine rings is 1. The number of furan rings is 1. The highest BCUT2D eigenvalue weighted by Gasteiger charge is 2.36. The van der Waals surface area contributed by atoms with Gasteiger partial charge in [0, 0.05) is 18.0 Å². The van der Waals surface area contributed by atoms with Crippen molar-refractivity contribution in [3.8, 4) is 0 Å². The van der Waals surface area contributed by atoms with Gasteiger partial charge in [-0.3, -0.25) is 4.98 Å². The Hall–Kier alpha value is -1.82. The number of aliphatic hydroxyl groups excluding tert-OH is 1. The van der Waals surface area contributed by atoms with E-state index in [0.717, 1.165) is 18.5 Å². The Bertz CT molecular complexity index is 548. The predicted octanol–water partition coefficient (Wildman–Crippen LogP) is 3.08. The lowest BCUT2D eigenvalue weighted by atomic mass is 10.0. The summed E-state index contributed by atoms with van der Waals surface area (Å²) in [7, 11) is 0. The van der Waals surface area contributed by atoms with Crippen LogP contribution in [-0.4, -0.2) is 10.1 Å². The van der Waals surface area contributed by atoms with Gasteiger partial charge in [-0.25, -0.2) is 0 Å². The molecule has 0 spiro atoms. The van der Waals surface area contributed by atoms with Gasteiger partial charge in [0.2, 0.25) is 0 Å². The molecule has 0 aliphatic carbocycles. The summed E-state index contributed by atoms with van der Waals surface area (Å²) >= 11 is 0. The Morgan fingerprint density at radius 2 is 2.06 bits per heavy atom. The van der Waals surface area contributed by atoms with Crippen LogP contribution in [0.1, 0.15) is 28.6 Å². The van der Waals surface area contributed by atoms with Crippen molar-refractivity contribution in [2.45, 2.75) is 19.2 Å². The maximum absolute atomic E-state index is 12.8. The van der Waals surface area contributed by atoms with Gasteiger partial charge in [-0.05, 0) is 24.6 Å². The molecule has 2 rings (SSSR count). The quantitative estimate of drug-likeness (QED) is 0.899. The number of alkyl halides is 3. The summed E-state index contributed by atoms with van der Waals surface area (Å²) in [6, 6.07) is 2.40. The van der Waals surface area contributed by atoms with Crippen LogP contribution in [0.4, 0.5) is 13.2 Å². The average Bonchev–Trinajstić information content (AvgIpc) is 2.73. The number of nitrogens with zero attached hydrogens (tertiary/aromatic N) is 1. The zero-order chi connectivity index (χ0) is 13.3. The Labute approximate surface area is 101 Å². The molecule has 0 amide bonds. The van der Waals surface area contributed by atoms with E-state index in [2.05, 4.69) is 4.98 Å². The number of aromatic nitrogens is 1. The van der Waals surface area contributed by atoms with Crippen LogP contribution in [0.3, 0.4) is 0 Å². The summed E-state index contributed by atoms with van der Waals surface area (Å²) in [5, 5.41) is 9.97. The highest BCUT2D eigenvalue weighted by molar-refractivity contribution is 5.34. The van der Waals surface area contributed by atoms with Gasteiger partial charge in [0.25, 0.3) is 0 Å². The Kier molecular flexibility index (Phi) is 3.13. The fraction of sp³-hybridized carbons (Fsp3) is 0.250. The van der Waals surface area contributed by atoms with Gasteiger partial charge in [-0.15, -0.1) is 0 Å². The van der Waals surface area contributed by atoms with Gasteiger partial charge in [0.05, 0.1) is 11.8 Å². The molecular formula is C12H10F3NO2. The van der Waals surface area contributed by atoms with Crippen molar-refractivity contribution >= 4 is 0 Å². The molecule has 2 aromatic heterocycles. The lowest BCUT2D eigenvalue weighted by Crippen LogP contribution is -2.13. The molecular weight excluding hydrogens is 247 g/mol. The number of rotatable bonds is 2. The standard InChI is InChI=1S/C12H10F3NO2/c1-7-3-5-18-11(7)10(17)8-6-16-4-2-9(8)12(13,14)15/h2-6,10,17H,1H3. The first-order valence-electron chi connectivity index (χ1n) is 5.14. The first kappa shape index (κ1) is 12.6.